The van der Waals surface area contributed by atoms with Crippen LogP contribution in [0.5, 0.6) is 0 Å². The van der Waals surface area contributed by atoms with Crippen LogP contribution >= 0.6 is 0 Å². The minimum Gasteiger partial charge on any atom is -0.254 e. The first-order valence-electron chi connectivity index (χ1n) is 6.35. The zero-order valence-corrected chi connectivity index (χ0v) is 10.9. The molecule has 0 saturated heterocycles. The summed E-state index contributed by atoms with van der Waals surface area (Å²) in [5.41, 5.74) is 4.67. The molecule has 0 aliphatic rings. The highest BCUT2D eigenvalue weighted by molar-refractivity contribution is 5.98. The lowest BCUT2D eigenvalue weighted by molar-refractivity contribution is 0.939. The van der Waals surface area contributed by atoms with Gasteiger partial charge in [0.25, 0.3) is 0 Å². The average Bonchev–Trinajstić information content (AvgIpc) is 2.96. The van der Waals surface area contributed by atoms with Crippen molar-refractivity contribution in [3.8, 4) is 11.3 Å². The van der Waals surface area contributed by atoms with Gasteiger partial charge in [0.05, 0.1) is 0 Å². The van der Waals surface area contributed by atoms with Crippen LogP contribution in [0.2, 0.25) is 0 Å². The highest BCUT2D eigenvalue weighted by atomic mass is 15.3. The predicted molar refractivity (Wildman–Crippen MR) is 76.3 cm³/mol. The maximum absolute atomic E-state index is 4.59. The first-order valence-corrected chi connectivity index (χ1v) is 6.35. The molecule has 3 heterocycles. The first kappa shape index (κ1) is 11.0. The van der Waals surface area contributed by atoms with Gasteiger partial charge in [-0.2, -0.15) is 9.61 Å². The molecule has 0 spiro atoms. The van der Waals surface area contributed by atoms with E-state index in [0.717, 1.165) is 27.8 Å². The highest BCUT2D eigenvalue weighted by Gasteiger charge is 2.12. The summed E-state index contributed by atoms with van der Waals surface area (Å²) in [6.07, 6.45) is 3.38. The quantitative estimate of drug-likeness (QED) is 0.528. The maximum atomic E-state index is 4.59. The molecule has 5 nitrogen and oxygen atoms in total. The Morgan fingerprint density at radius 2 is 1.90 bits per heavy atom. The zero-order valence-electron chi connectivity index (χ0n) is 10.9. The van der Waals surface area contributed by atoms with Gasteiger partial charge in [-0.25, -0.2) is 0 Å². The van der Waals surface area contributed by atoms with Gasteiger partial charge in [0, 0.05) is 17.1 Å². The van der Waals surface area contributed by atoms with E-state index in [2.05, 4.69) is 51.5 Å². The number of hydrogen-bond acceptors (Lipinski definition) is 4. The Kier molecular flexibility index (Phi) is 2.26. The second-order valence-electron chi connectivity index (χ2n) is 4.71. The van der Waals surface area contributed by atoms with E-state index in [1.807, 2.05) is 12.1 Å². The summed E-state index contributed by atoms with van der Waals surface area (Å²) in [4.78, 5) is 4.47. The van der Waals surface area contributed by atoms with Crippen molar-refractivity contribution in [2.75, 3.05) is 0 Å². The molecule has 96 valence electrons. The second-order valence-corrected chi connectivity index (χ2v) is 4.71. The van der Waals surface area contributed by atoms with Gasteiger partial charge in [0.2, 0.25) is 0 Å². The minimum atomic E-state index is 0.726. The molecule has 3 aromatic heterocycles. The molecule has 0 aliphatic carbocycles. The first-order chi connectivity index (χ1) is 9.83. The monoisotopic (exact) mass is 261 g/mol. The van der Waals surface area contributed by atoms with Crippen molar-refractivity contribution in [2.45, 2.75) is 6.92 Å². The van der Waals surface area contributed by atoms with Crippen LogP contribution in [0.1, 0.15) is 5.56 Å². The van der Waals surface area contributed by atoms with Crippen LogP contribution in [0.3, 0.4) is 0 Å². The van der Waals surface area contributed by atoms with E-state index in [1.165, 1.54) is 5.56 Å². The van der Waals surface area contributed by atoms with E-state index in [1.54, 1.807) is 17.0 Å². The largest absolute Gasteiger partial charge is 0.254 e. The molecule has 0 N–H and O–H groups in total. The Morgan fingerprint density at radius 3 is 2.75 bits per heavy atom. The number of benzene rings is 1. The summed E-state index contributed by atoms with van der Waals surface area (Å²) in [6.45, 7) is 2.07. The summed E-state index contributed by atoms with van der Waals surface area (Å²) in [6, 6.07) is 12.1. The Hall–Kier alpha value is -2.82. The van der Waals surface area contributed by atoms with E-state index in [0.29, 0.717) is 0 Å². The molecule has 0 bridgehead atoms. The number of pyridine rings is 1. The second kappa shape index (κ2) is 4.09. The Balaban J connectivity index is 2.13. The molecule has 0 atom stereocenters. The van der Waals surface area contributed by atoms with Crippen LogP contribution < -0.4 is 0 Å². The Labute approximate surface area is 114 Å². The number of hydrogen-bond donors (Lipinski definition) is 0. The van der Waals surface area contributed by atoms with Crippen LogP contribution in [-0.2, 0) is 0 Å². The van der Waals surface area contributed by atoms with Crippen LogP contribution in [0.4, 0.5) is 0 Å². The van der Waals surface area contributed by atoms with Crippen molar-refractivity contribution in [3.05, 3.63) is 54.5 Å². The molecule has 0 fully saturated rings. The van der Waals surface area contributed by atoms with Crippen molar-refractivity contribution in [2.24, 2.45) is 0 Å². The third kappa shape index (κ3) is 1.56. The van der Waals surface area contributed by atoms with Crippen LogP contribution in [0.15, 0.2) is 48.9 Å². The van der Waals surface area contributed by atoms with Crippen molar-refractivity contribution >= 4 is 16.6 Å². The SMILES string of the molecule is Cc1ccc(-c2nn3cnnc3c3cccnc23)cc1. The van der Waals surface area contributed by atoms with Gasteiger partial charge in [-0.1, -0.05) is 29.8 Å². The van der Waals surface area contributed by atoms with Gasteiger partial charge >= 0.3 is 0 Å². The fourth-order valence-electron chi connectivity index (χ4n) is 2.32. The van der Waals surface area contributed by atoms with Crippen LogP contribution in [0.25, 0.3) is 27.8 Å². The number of nitrogens with zero attached hydrogens (tertiary/aromatic N) is 5. The van der Waals surface area contributed by atoms with Gasteiger partial charge in [-0.3, -0.25) is 4.98 Å². The molecule has 20 heavy (non-hydrogen) atoms. The summed E-state index contributed by atoms with van der Waals surface area (Å²) in [5.74, 6) is 0. The van der Waals surface area contributed by atoms with E-state index < -0.39 is 0 Å². The fraction of sp³-hybridized carbons (Fsp3) is 0.0667. The number of rotatable bonds is 1. The summed E-state index contributed by atoms with van der Waals surface area (Å²) < 4.78 is 1.69. The Morgan fingerprint density at radius 1 is 1.05 bits per heavy atom. The third-order valence-corrected chi connectivity index (χ3v) is 3.34. The van der Waals surface area contributed by atoms with Crippen LogP contribution in [0, 0.1) is 6.92 Å². The predicted octanol–water partition coefficient (Wildman–Crippen LogP) is 2.65. The van der Waals surface area contributed by atoms with Crippen molar-refractivity contribution < 1.29 is 0 Å². The lowest BCUT2D eigenvalue weighted by Gasteiger charge is -2.06. The lowest BCUT2D eigenvalue weighted by Crippen LogP contribution is -1.97. The molecule has 0 radical (unpaired) electrons. The number of aromatic nitrogens is 5. The summed E-state index contributed by atoms with van der Waals surface area (Å²) in [5, 5.41) is 13.6. The molecule has 0 amide bonds. The van der Waals surface area contributed by atoms with Gasteiger partial charge in [0.15, 0.2) is 5.65 Å². The number of fused-ring (bicyclic) bond motifs is 3. The maximum Gasteiger partial charge on any atom is 0.186 e. The summed E-state index contributed by atoms with van der Waals surface area (Å²) >= 11 is 0. The molecule has 0 unspecified atom stereocenters. The van der Waals surface area contributed by atoms with Gasteiger partial charge in [-0.05, 0) is 19.1 Å². The highest BCUT2D eigenvalue weighted by Crippen LogP contribution is 2.26. The minimum absolute atomic E-state index is 0.726. The van der Waals surface area contributed by atoms with Gasteiger partial charge < -0.3 is 0 Å². The van der Waals surface area contributed by atoms with Crippen molar-refractivity contribution in [3.63, 3.8) is 0 Å². The van der Waals surface area contributed by atoms with Crippen LogP contribution in [-0.4, -0.2) is 24.8 Å². The molecular weight excluding hydrogens is 250 g/mol. The Bertz CT molecular complexity index is 909. The fourth-order valence-corrected chi connectivity index (χ4v) is 2.32. The summed E-state index contributed by atoms with van der Waals surface area (Å²) in [7, 11) is 0. The van der Waals surface area contributed by atoms with Gasteiger partial charge in [-0.15, -0.1) is 10.2 Å². The lowest BCUT2D eigenvalue weighted by atomic mass is 10.1. The van der Waals surface area contributed by atoms with E-state index in [-0.39, 0.29) is 0 Å². The molecule has 4 aromatic rings. The smallest absolute Gasteiger partial charge is 0.186 e. The van der Waals surface area contributed by atoms with E-state index in [4.69, 9.17) is 0 Å². The molecule has 4 rings (SSSR count). The molecule has 0 saturated carbocycles. The van der Waals surface area contributed by atoms with Gasteiger partial charge in [0.1, 0.15) is 17.5 Å². The number of aryl methyl sites for hydroxylation is 1. The molecule has 0 aliphatic heterocycles. The normalized spacial score (nSPS) is 11.2. The van der Waals surface area contributed by atoms with Crippen molar-refractivity contribution in [1.82, 2.24) is 24.8 Å². The third-order valence-electron chi connectivity index (χ3n) is 3.34. The standard InChI is InChI=1S/C15H11N5/c1-10-4-6-11(7-5-10)13-14-12(3-2-8-16-14)15-18-17-9-20(15)19-13/h2-9H,1H3. The van der Waals surface area contributed by atoms with E-state index in [9.17, 15) is 0 Å². The molecule has 1 aromatic carbocycles. The topological polar surface area (TPSA) is 56.0 Å². The van der Waals surface area contributed by atoms with Crippen molar-refractivity contribution in [1.29, 1.82) is 0 Å². The molecular formula is C15H11N5. The zero-order chi connectivity index (χ0) is 13.5. The average molecular weight is 261 g/mol. The molecule has 5 heteroatoms. The van der Waals surface area contributed by atoms with E-state index >= 15 is 0 Å².